The highest BCUT2D eigenvalue weighted by molar-refractivity contribution is 7.89. The molecule has 0 amide bonds. The molecular formula is C10H13Cl2NO2S. The maximum Gasteiger partial charge on any atom is 0.240 e. The van der Waals surface area contributed by atoms with Crippen molar-refractivity contribution in [3.05, 3.63) is 29.3 Å². The third-order valence-electron chi connectivity index (χ3n) is 1.98. The van der Waals surface area contributed by atoms with Gasteiger partial charge < -0.3 is 0 Å². The lowest BCUT2D eigenvalue weighted by molar-refractivity contribution is 0.578. The Morgan fingerprint density at radius 1 is 1.12 bits per heavy atom. The molecule has 1 rings (SSSR count). The standard InChI is InChI=1S/C10H13Cl2NO2S/c11-7-1-2-8-13-16(14,15)10-5-3-9(12)4-6-10/h3-6,13H,1-2,7-8H2. The number of benzene rings is 1. The van der Waals surface area contributed by atoms with Crippen LogP contribution in [0.5, 0.6) is 0 Å². The minimum absolute atomic E-state index is 0.225. The Hall–Kier alpha value is -0.290. The number of hydrogen-bond donors (Lipinski definition) is 1. The Morgan fingerprint density at radius 2 is 1.75 bits per heavy atom. The fraction of sp³-hybridized carbons (Fsp3) is 0.400. The number of alkyl halides is 1. The largest absolute Gasteiger partial charge is 0.240 e. The maximum absolute atomic E-state index is 11.7. The molecule has 0 unspecified atom stereocenters. The van der Waals surface area contributed by atoms with Crippen LogP contribution in [-0.4, -0.2) is 20.8 Å². The van der Waals surface area contributed by atoms with E-state index in [4.69, 9.17) is 23.2 Å². The number of hydrogen-bond acceptors (Lipinski definition) is 2. The van der Waals surface area contributed by atoms with Crippen molar-refractivity contribution in [3.8, 4) is 0 Å². The quantitative estimate of drug-likeness (QED) is 0.644. The van der Waals surface area contributed by atoms with Crippen LogP contribution >= 0.6 is 23.2 Å². The summed E-state index contributed by atoms with van der Waals surface area (Å²) in [5, 5.41) is 0.515. The van der Waals surface area contributed by atoms with Gasteiger partial charge in [0.25, 0.3) is 0 Å². The van der Waals surface area contributed by atoms with Crippen LogP contribution in [-0.2, 0) is 10.0 Å². The number of unbranched alkanes of at least 4 members (excludes halogenated alkanes) is 1. The lowest BCUT2D eigenvalue weighted by Gasteiger charge is -2.05. The van der Waals surface area contributed by atoms with Crippen molar-refractivity contribution >= 4 is 33.2 Å². The van der Waals surface area contributed by atoms with E-state index in [9.17, 15) is 8.42 Å². The minimum Gasteiger partial charge on any atom is -0.211 e. The first-order valence-electron chi connectivity index (χ1n) is 4.87. The van der Waals surface area contributed by atoms with Gasteiger partial charge in [-0.1, -0.05) is 11.6 Å². The topological polar surface area (TPSA) is 46.2 Å². The van der Waals surface area contributed by atoms with Crippen LogP contribution in [0.1, 0.15) is 12.8 Å². The summed E-state index contributed by atoms with van der Waals surface area (Å²) in [5.74, 6) is 0.544. The van der Waals surface area contributed by atoms with E-state index >= 15 is 0 Å². The summed E-state index contributed by atoms with van der Waals surface area (Å²) >= 11 is 11.2. The van der Waals surface area contributed by atoms with E-state index in [1.807, 2.05) is 0 Å². The Morgan fingerprint density at radius 3 is 2.31 bits per heavy atom. The third kappa shape index (κ3) is 4.29. The molecule has 6 heteroatoms. The molecule has 0 aliphatic carbocycles. The van der Waals surface area contributed by atoms with E-state index in [1.165, 1.54) is 12.1 Å². The molecule has 0 radical (unpaired) electrons. The lowest BCUT2D eigenvalue weighted by atomic mass is 10.3. The van der Waals surface area contributed by atoms with Crippen molar-refractivity contribution < 1.29 is 8.42 Å². The number of nitrogens with one attached hydrogen (secondary N) is 1. The molecule has 90 valence electrons. The first-order valence-corrected chi connectivity index (χ1v) is 7.27. The predicted octanol–water partition coefficient (Wildman–Crippen LogP) is 2.64. The Kier molecular flexibility index (Phi) is 5.55. The summed E-state index contributed by atoms with van der Waals surface area (Å²) in [6, 6.07) is 6.06. The molecule has 0 saturated carbocycles. The first kappa shape index (κ1) is 13.8. The SMILES string of the molecule is O=S(=O)(NCCCCCl)c1ccc(Cl)cc1. The van der Waals surface area contributed by atoms with E-state index in [-0.39, 0.29) is 4.90 Å². The van der Waals surface area contributed by atoms with Crippen LogP contribution in [0.25, 0.3) is 0 Å². The molecule has 0 aliphatic rings. The highest BCUT2D eigenvalue weighted by Gasteiger charge is 2.12. The van der Waals surface area contributed by atoms with Crippen molar-refractivity contribution in [2.24, 2.45) is 0 Å². The van der Waals surface area contributed by atoms with E-state index < -0.39 is 10.0 Å². The Labute approximate surface area is 106 Å². The first-order chi connectivity index (χ1) is 7.56. The van der Waals surface area contributed by atoms with Gasteiger partial charge in [0.1, 0.15) is 0 Å². The number of halogens is 2. The van der Waals surface area contributed by atoms with E-state index in [1.54, 1.807) is 12.1 Å². The molecule has 0 spiro atoms. The molecule has 1 aromatic carbocycles. The van der Waals surface area contributed by atoms with Gasteiger partial charge >= 0.3 is 0 Å². The summed E-state index contributed by atoms with van der Waals surface area (Å²) in [7, 11) is -3.41. The second kappa shape index (κ2) is 6.45. The predicted molar refractivity (Wildman–Crippen MR) is 66.6 cm³/mol. The zero-order chi connectivity index (χ0) is 12.0. The Bertz CT molecular complexity index is 417. The third-order valence-corrected chi connectivity index (χ3v) is 3.97. The summed E-state index contributed by atoms with van der Waals surface area (Å²) in [5.41, 5.74) is 0. The van der Waals surface area contributed by atoms with Crippen molar-refractivity contribution in [2.45, 2.75) is 17.7 Å². The fourth-order valence-electron chi connectivity index (χ4n) is 1.12. The molecule has 0 fully saturated rings. The average molecular weight is 282 g/mol. The summed E-state index contributed by atoms with van der Waals surface area (Å²) in [6.07, 6.45) is 1.53. The fourth-order valence-corrected chi connectivity index (χ4v) is 2.51. The molecule has 1 aromatic rings. The van der Waals surface area contributed by atoms with Crippen molar-refractivity contribution in [1.82, 2.24) is 4.72 Å². The van der Waals surface area contributed by atoms with Crippen LogP contribution in [0.2, 0.25) is 5.02 Å². The summed E-state index contributed by atoms with van der Waals surface area (Å²) < 4.78 is 25.9. The molecular weight excluding hydrogens is 269 g/mol. The van der Waals surface area contributed by atoms with E-state index in [0.29, 0.717) is 17.4 Å². The summed E-state index contributed by atoms with van der Waals surface area (Å²) in [4.78, 5) is 0.225. The minimum atomic E-state index is -3.41. The van der Waals surface area contributed by atoms with Gasteiger partial charge in [0.2, 0.25) is 10.0 Å². The number of rotatable bonds is 6. The molecule has 0 bridgehead atoms. The van der Waals surface area contributed by atoms with Gasteiger partial charge in [-0.2, -0.15) is 0 Å². The monoisotopic (exact) mass is 281 g/mol. The molecule has 0 aromatic heterocycles. The molecule has 0 saturated heterocycles. The normalized spacial score (nSPS) is 11.6. The van der Waals surface area contributed by atoms with Gasteiger partial charge in [-0.15, -0.1) is 11.6 Å². The zero-order valence-electron chi connectivity index (χ0n) is 8.62. The highest BCUT2D eigenvalue weighted by Crippen LogP contribution is 2.13. The van der Waals surface area contributed by atoms with Crippen LogP contribution in [0.4, 0.5) is 0 Å². The highest BCUT2D eigenvalue weighted by atomic mass is 35.5. The van der Waals surface area contributed by atoms with Gasteiger partial charge in [0.15, 0.2) is 0 Å². The van der Waals surface area contributed by atoms with Crippen molar-refractivity contribution in [2.75, 3.05) is 12.4 Å². The van der Waals surface area contributed by atoms with Crippen LogP contribution < -0.4 is 4.72 Å². The molecule has 16 heavy (non-hydrogen) atoms. The van der Waals surface area contributed by atoms with Gasteiger partial charge in [-0.25, -0.2) is 13.1 Å². The van der Waals surface area contributed by atoms with Gasteiger partial charge in [-0.05, 0) is 37.1 Å². The van der Waals surface area contributed by atoms with Crippen molar-refractivity contribution in [3.63, 3.8) is 0 Å². The molecule has 0 atom stereocenters. The smallest absolute Gasteiger partial charge is 0.211 e. The second-order valence-electron chi connectivity index (χ2n) is 3.25. The number of sulfonamides is 1. The van der Waals surface area contributed by atoms with Crippen LogP contribution in [0.15, 0.2) is 29.2 Å². The molecule has 0 heterocycles. The van der Waals surface area contributed by atoms with Gasteiger partial charge in [0, 0.05) is 17.4 Å². The van der Waals surface area contributed by atoms with E-state index in [2.05, 4.69) is 4.72 Å². The molecule has 3 nitrogen and oxygen atoms in total. The molecule has 0 aliphatic heterocycles. The molecule has 1 N–H and O–H groups in total. The van der Waals surface area contributed by atoms with E-state index in [0.717, 1.165) is 12.8 Å². The maximum atomic E-state index is 11.7. The average Bonchev–Trinajstić information content (AvgIpc) is 2.25. The van der Waals surface area contributed by atoms with Gasteiger partial charge in [-0.3, -0.25) is 0 Å². The lowest BCUT2D eigenvalue weighted by Crippen LogP contribution is -2.24. The summed E-state index contributed by atoms with van der Waals surface area (Å²) in [6.45, 7) is 0.400. The second-order valence-corrected chi connectivity index (χ2v) is 5.83. The van der Waals surface area contributed by atoms with Crippen LogP contribution in [0, 0.1) is 0 Å². The Balaban J connectivity index is 2.60. The zero-order valence-corrected chi connectivity index (χ0v) is 10.9. The van der Waals surface area contributed by atoms with Gasteiger partial charge in [0.05, 0.1) is 4.90 Å². The van der Waals surface area contributed by atoms with Crippen molar-refractivity contribution in [1.29, 1.82) is 0 Å². The van der Waals surface area contributed by atoms with Crippen LogP contribution in [0.3, 0.4) is 0 Å².